The van der Waals surface area contributed by atoms with Gasteiger partial charge in [0.1, 0.15) is 6.10 Å². The Kier molecular flexibility index (Phi) is 2.05. The van der Waals surface area contributed by atoms with Crippen LogP contribution in [0.25, 0.3) is 0 Å². The van der Waals surface area contributed by atoms with E-state index in [9.17, 15) is 0 Å². The maximum Gasteiger partial charge on any atom is 0.244 e. The molecule has 0 aromatic carbocycles. The first-order chi connectivity index (χ1) is 6.16. The molecule has 1 fully saturated rings. The molecule has 0 amide bonds. The molecule has 0 unspecified atom stereocenters. The van der Waals surface area contributed by atoms with Gasteiger partial charge in [0.05, 0.1) is 0 Å². The van der Waals surface area contributed by atoms with E-state index in [0.29, 0.717) is 11.8 Å². The SMILES string of the molecule is C[C@@H](O)c1nnc([C@H]2C[C@H](N)C2)o1. The summed E-state index contributed by atoms with van der Waals surface area (Å²) in [5.74, 6) is 1.20. The molecule has 1 aliphatic carbocycles. The molecule has 0 radical (unpaired) electrons. The molecule has 0 aliphatic heterocycles. The normalized spacial score (nSPS) is 29.8. The molecule has 3 N–H and O–H groups in total. The minimum atomic E-state index is -0.685. The molecule has 0 saturated heterocycles. The highest BCUT2D eigenvalue weighted by Crippen LogP contribution is 2.35. The molecule has 5 heteroatoms. The summed E-state index contributed by atoms with van der Waals surface area (Å²) in [7, 11) is 0. The maximum absolute atomic E-state index is 9.14. The van der Waals surface area contributed by atoms with Crippen molar-refractivity contribution in [3.63, 3.8) is 0 Å². The topological polar surface area (TPSA) is 85.2 Å². The first-order valence-electron chi connectivity index (χ1n) is 4.43. The van der Waals surface area contributed by atoms with E-state index >= 15 is 0 Å². The monoisotopic (exact) mass is 183 g/mol. The molecule has 0 bridgehead atoms. The van der Waals surface area contributed by atoms with Crippen LogP contribution < -0.4 is 5.73 Å². The number of hydrogen-bond acceptors (Lipinski definition) is 5. The zero-order valence-corrected chi connectivity index (χ0v) is 7.47. The summed E-state index contributed by atoms with van der Waals surface area (Å²) in [6.45, 7) is 1.60. The Labute approximate surface area is 76.0 Å². The van der Waals surface area contributed by atoms with Gasteiger partial charge < -0.3 is 15.3 Å². The first kappa shape index (κ1) is 8.65. The van der Waals surface area contributed by atoms with Crippen LogP contribution in [-0.4, -0.2) is 21.3 Å². The standard InChI is InChI=1S/C8H13N3O2/c1-4(12)7-10-11-8(13-7)5-2-6(9)3-5/h4-6,12H,2-3,9H2,1H3/t4-,5-,6-/m1/s1. The lowest BCUT2D eigenvalue weighted by Crippen LogP contribution is -2.34. The van der Waals surface area contributed by atoms with Crippen molar-refractivity contribution in [3.05, 3.63) is 11.8 Å². The van der Waals surface area contributed by atoms with E-state index in [0.717, 1.165) is 12.8 Å². The van der Waals surface area contributed by atoms with E-state index in [1.807, 2.05) is 0 Å². The Balaban J connectivity index is 2.06. The van der Waals surface area contributed by atoms with Crippen LogP contribution >= 0.6 is 0 Å². The van der Waals surface area contributed by atoms with E-state index in [2.05, 4.69) is 10.2 Å². The highest BCUT2D eigenvalue weighted by molar-refractivity contribution is 5.01. The van der Waals surface area contributed by atoms with Crippen molar-refractivity contribution in [3.8, 4) is 0 Å². The van der Waals surface area contributed by atoms with Gasteiger partial charge in [-0.2, -0.15) is 0 Å². The van der Waals surface area contributed by atoms with Gasteiger partial charge in [0.15, 0.2) is 0 Å². The predicted molar refractivity (Wildman–Crippen MR) is 44.9 cm³/mol. The van der Waals surface area contributed by atoms with Crippen LogP contribution in [0.4, 0.5) is 0 Å². The Bertz CT molecular complexity index is 291. The number of rotatable bonds is 2. The van der Waals surface area contributed by atoms with E-state index in [-0.39, 0.29) is 11.9 Å². The van der Waals surface area contributed by atoms with Gasteiger partial charge in [0, 0.05) is 12.0 Å². The first-order valence-corrected chi connectivity index (χ1v) is 4.43. The Morgan fingerprint density at radius 1 is 1.54 bits per heavy atom. The molecule has 1 aromatic heterocycles. The Morgan fingerprint density at radius 2 is 2.23 bits per heavy atom. The third-order valence-corrected chi connectivity index (χ3v) is 2.34. The predicted octanol–water partition coefficient (Wildman–Crippen LogP) is 0.328. The van der Waals surface area contributed by atoms with Crippen molar-refractivity contribution in [2.75, 3.05) is 0 Å². The maximum atomic E-state index is 9.14. The van der Waals surface area contributed by atoms with E-state index < -0.39 is 6.10 Å². The molecular weight excluding hydrogens is 170 g/mol. The summed E-state index contributed by atoms with van der Waals surface area (Å²) in [5, 5.41) is 16.7. The molecule has 13 heavy (non-hydrogen) atoms. The van der Waals surface area contributed by atoms with Crippen molar-refractivity contribution in [1.82, 2.24) is 10.2 Å². The van der Waals surface area contributed by atoms with Crippen molar-refractivity contribution < 1.29 is 9.52 Å². The lowest BCUT2D eigenvalue weighted by atomic mass is 9.81. The summed E-state index contributed by atoms with van der Waals surface area (Å²) in [5.41, 5.74) is 5.63. The number of nitrogens with two attached hydrogens (primary N) is 1. The zero-order chi connectivity index (χ0) is 9.42. The Hall–Kier alpha value is -0.940. The molecule has 5 nitrogen and oxygen atoms in total. The van der Waals surface area contributed by atoms with Crippen molar-refractivity contribution in [2.45, 2.75) is 37.8 Å². The fraction of sp³-hybridized carbons (Fsp3) is 0.750. The van der Waals surface area contributed by atoms with E-state index in [1.54, 1.807) is 6.92 Å². The van der Waals surface area contributed by atoms with Crippen LogP contribution in [0.3, 0.4) is 0 Å². The largest absolute Gasteiger partial charge is 0.422 e. The Morgan fingerprint density at radius 3 is 2.69 bits per heavy atom. The van der Waals surface area contributed by atoms with Crippen LogP contribution in [0.2, 0.25) is 0 Å². The third kappa shape index (κ3) is 1.57. The summed E-state index contributed by atoms with van der Waals surface area (Å²) in [4.78, 5) is 0. The van der Waals surface area contributed by atoms with Gasteiger partial charge in [-0.15, -0.1) is 10.2 Å². The van der Waals surface area contributed by atoms with Crippen molar-refractivity contribution >= 4 is 0 Å². The minimum absolute atomic E-state index is 0.270. The summed E-state index contributed by atoms with van der Waals surface area (Å²) >= 11 is 0. The van der Waals surface area contributed by atoms with Gasteiger partial charge in [-0.3, -0.25) is 0 Å². The van der Waals surface area contributed by atoms with Crippen LogP contribution in [0.5, 0.6) is 0 Å². The van der Waals surface area contributed by atoms with Crippen LogP contribution in [0.15, 0.2) is 4.42 Å². The highest BCUT2D eigenvalue weighted by Gasteiger charge is 2.31. The van der Waals surface area contributed by atoms with E-state index in [4.69, 9.17) is 15.3 Å². The van der Waals surface area contributed by atoms with E-state index in [1.165, 1.54) is 0 Å². The zero-order valence-electron chi connectivity index (χ0n) is 7.47. The molecule has 1 saturated carbocycles. The minimum Gasteiger partial charge on any atom is -0.422 e. The quantitative estimate of drug-likeness (QED) is 0.690. The lowest BCUT2D eigenvalue weighted by Gasteiger charge is -2.29. The van der Waals surface area contributed by atoms with Crippen LogP contribution in [0, 0.1) is 0 Å². The fourth-order valence-electron chi connectivity index (χ4n) is 1.44. The molecule has 1 aromatic rings. The molecule has 72 valence electrons. The highest BCUT2D eigenvalue weighted by atomic mass is 16.4. The second kappa shape index (κ2) is 3.08. The second-order valence-corrected chi connectivity index (χ2v) is 3.58. The van der Waals surface area contributed by atoms with Crippen molar-refractivity contribution in [2.24, 2.45) is 5.73 Å². The van der Waals surface area contributed by atoms with Gasteiger partial charge in [-0.25, -0.2) is 0 Å². The lowest BCUT2D eigenvalue weighted by molar-refractivity contribution is 0.156. The molecule has 1 aliphatic rings. The number of aliphatic hydroxyl groups is 1. The molecule has 2 rings (SSSR count). The number of hydrogen-bond donors (Lipinski definition) is 2. The van der Waals surface area contributed by atoms with Gasteiger partial charge >= 0.3 is 0 Å². The number of aliphatic hydroxyl groups excluding tert-OH is 1. The summed E-state index contributed by atoms with van der Waals surface area (Å²) in [6, 6.07) is 0.270. The van der Waals surface area contributed by atoms with Crippen molar-refractivity contribution in [1.29, 1.82) is 0 Å². The third-order valence-electron chi connectivity index (χ3n) is 2.34. The smallest absolute Gasteiger partial charge is 0.244 e. The molecule has 1 heterocycles. The average molecular weight is 183 g/mol. The van der Waals surface area contributed by atoms with Crippen LogP contribution in [0.1, 0.15) is 43.6 Å². The average Bonchev–Trinajstić information content (AvgIpc) is 2.46. The summed E-state index contributed by atoms with van der Waals surface area (Å²) in [6.07, 6.45) is 1.12. The van der Waals surface area contributed by atoms with Crippen LogP contribution in [-0.2, 0) is 0 Å². The van der Waals surface area contributed by atoms with Gasteiger partial charge in [-0.05, 0) is 19.8 Å². The summed E-state index contributed by atoms with van der Waals surface area (Å²) < 4.78 is 5.27. The second-order valence-electron chi connectivity index (χ2n) is 3.58. The van der Waals surface area contributed by atoms with Gasteiger partial charge in [0.2, 0.25) is 11.8 Å². The fourth-order valence-corrected chi connectivity index (χ4v) is 1.44. The molecular formula is C8H13N3O2. The molecule has 0 spiro atoms. The number of aromatic nitrogens is 2. The van der Waals surface area contributed by atoms with Gasteiger partial charge in [-0.1, -0.05) is 0 Å². The number of nitrogens with zero attached hydrogens (tertiary/aromatic N) is 2. The van der Waals surface area contributed by atoms with Gasteiger partial charge in [0.25, 0.3) is 0 Å². The molecule has 1 atom stereocenters.